The molecule has 0 saturated carbocycles. The maximum atomic E-state index is 13.4. The molecule has 2 aromatic carbocycles. The van der Waals surface area contributed by atoms with Gasteiger partial charge in [-0.15, -0.1) is 16.4 Å². The van der Waals surface area contributed by atoms with Crippen LogP contribution in [0, 0.1) is 19.7 Å². The number of halogens is 1. The largest absolute Gasteiger partial charge is 0.344 e. The Morgan fingerprint density at radius 1 is 1.13 bits per heavy atom. The molecule has 1 N–H and O–H groups in total. The van der Waals surface area contributed by atoms with E-state index in [1.54, 1.807) is 16.8 Å². The smallest absolute Gasteiger partial charge is 0.231 e. The topological polar surface area (TPSA) is 72.7 Å². The number of thioether (sulfide) groups is 1. The van der Waals surface area contributed by atoms with Crippen molar-refractivity contribution >= 4 is 29.0 Å². The van der Waals surface area contributed by atoms with E-state index in [1.165, 1.54) is 35.2 Å². The van der Waals surface area contributed by atoms with Crippen molar-refractivity contribution in [2.75, 3.05) is 5.75 Å². The molecule has 6 nitrogen and oxygen atoms in total. The molecular weight excluding hydrogens is 433 g/mol. The van der Waals surface area contributed by atoms with Crippen molar-refractivity contribution in [1.29, 1.82) is 0 Å². The van der Waals surface area contributed by atoms with Gasteiger partial charge in [0.2, 0.25) is 11.1 Å². The highest BCUT2D eigenvalue weighted by molar-refractivity contribution is 7.99. The van der Waals surface area contributed by atoms with E-state index >= 15 is 0 Å². The summed E-state index contributed by atoms with van der Waals surface area (Å²) in [7, 11) is 0. The number of hydrogen-bond donors (Lipinski definition) is 1. The lowest BCUT2D eigenvalue weighted by Gasteiger charge is -2.18. The number of thiophene rings is 1. The van der Waals surface area contributed by atoms with Gasteiger partial charge in [0.15, 0.2) is 0 Å². The van der Waals surface area contributed by atoms with Crippen molar-refractivity contribution in [3.63, 3.8) is 0 Å². The summed E-state index contributed by atoms with van der Waals surface area (Å²) in [5.41, 5.74) is 3.83. The van der Waals surface area contributed by atoms with Crippen molar-refractivity contribution in [2.24, 2.45) is 0 Å². The molecule has 2 aromatic heterocycles. The van der Waals surface area contributed by atoms with Gasteiger partial charge >= 0.3 is 0 Å². The first-order chi connectivity index (χ1) is 15.0. The highest BCUT2D eigenvalue weighted by Gasteiger charge is 2.20. The molecule has 0 radical (unpaired) electrons. The van der Waals surface area contributed by atoms with Gasteiger partial charge < -0.3 is 5.32 Å². The standard InChI is InChI=1S/C22H20FN5OS2/c1-14-5-3-6-15(2)21(14)28-22(25-26-27-28)31-13-19(29)24-20(18-7-4-12-30-18)16-8-10-17(23)11-9-16/h3-12,20H,13H2,1-2H3,(H,24,29). The number of aromatic nitrogens is 4. The second-order valence-electron chi connectivity index (χ2n) is 6.97. The summed E-state index contributed by atoms with van der Waals surface area (Å²) in [5, 5.41) is 17.5. The van der Waals surface area contributed by atoms with Crippen LogP contribution >= 0.6 is 23.1 Å². The van der Waals surface area contributed by atoms with E-state index in [4.69, 9.17) is 0 Å². The molecule has 0 aliphatic rings. The molecule has 0 aliphatic heterocycles. The number of amides is 1. The lowest BCUT2D eigenvalue weighted by atomic mass is 10.1. The second-order valence-corrected chi connectivity index (χ2v) is 8.89. The van der Waals surface area contributed by atoms with Gasteiger partial charge in [0, 0.05) is 4.88 Å². The number of aryl methyl sites for hydroxylation is 2. The van der Waals surface area contributed by atoms with Gasteiger partial charge in [-0.3, -0.25) is 4.79 Å². The van der Waals surface area contributed by atoms with Crippen LogP contribution < -0.4 is 5.32 Å². The summed E-state index contributed by atoms with van der Waals surface area (Å²) >= 11 is 2.81. The molecule has 158 valence electrons. The first-order valence-electron chi connectivity index (χ1n) is 9.59. The monoisotopic (exact) mass is 453 g/mol. The van der Waals surface area contributed by atoms with E-state index in [2.05, 4.69) is 20.8 Å². The van der Waals surface area contributed by atoms with Crippen LogP contribution in [0.25, 0.3) is 5.69 Å². The molecule has 1 atom stereocenters. The van der Waals surface area contributed by atoms with Crippen LogP contribution in [0.2, 0.25) is 0 Å². The van der Waals surface area contributed by atoms with Crippen molar-refractivity contribution in [3.8, 4) is 5.69 Å². The molecule has 1 amide bonds. The number of nitrogens with one attached hydrogen (secondary N) is 1. The summed E-state index contributed by atoms with van der Waals surface area (Å²) < 4.78 is 15.0. The Kier molecular flexibility index (Phi) is 6.43. The van der Waals surface area contributed by atoms with Gasteiger partial charge in [0.05, 0.1) is 17.5 Å². The fourth-order valence-corrected chi connectivity index (χ4v) is 4.80. The van der Waals surface area contributed by atoms with E-state index in [9.17, 15) is 9.18 Å². The zero-order chi connectivity index (χ0) is 21.8. The minimum absolute atomic E-state index is 0.147. The predicted molar refractivity (Wildman–Crippen MR) is 120 cm³/mol. The SMILES string of the molecule is Cc1cccc(C)c1-n1nnnc1SCC(=O)NC(c1ccc(F)cc1)c1cccs1. The Bertz CT molecular complexity index is 1150. The van der Waals surface area contributed by atoms with Gasteiger partial charge in [0.1, 0.15) is 5.82 Å². The van der Waals surface area contributed by atoms with E-state index in [1.807, 2.05) is 49.6 Å². The summed E-state index contributed by atoms with van der Waals surface area (Å²) in [4.78, 5) is 13.8. The minimum Gasteiger partial charge on any atom is -0.344 e. The van der Waals surface area contributed by atoms with Crippen LogP contribution in [-0.2, 0) is 4.79 Å². The Morgan fingerprint density at radius 2 is 1.87 bits per heavy atom. The lowest BCUT2D eigenvalue weighted by Crippen LogP contribution is -2.30. The molecule has 0 bridgehead atoms. The molecular formula is C22H20FN5OS2. The fraction of sp³-hybridized carbons (Fsp3) is 0.182. The molecule has 0 aliphatic carbocycles. The lowest BCUT2D eigenvalue weighted by molar-refractivity contribution is -0.119. The van der Waals surface area contributed by atoms with E-state index in [-0.39, 0.29) is 23.5 Å². The number of hydrogen-bond acceptors (Lipinski definition) is 6. The minimum atomic E-state index is -0.344. The number of carbonyl (C=O) groups is 1. The number of carbonyl (C=O) groups excluding carboxylic acids is 1. The van der Waals surface area contributed by atoms with Crippen molar-refractivity contribution in [3.05, 3.63) is 87.4 Å². The number of nitrogens with zero attached hydrogens (tertiary/aromatic N) is 4. The summed E-state index contributed by atoms with van der Waals surface area (Å²) in [6.07, 6.45) is 0. The van der Waals surface area contributed by atoms with Gasteiger partial charge in [-0.05, 0) is 64.5 Å². The number of para-hydroxylation sites is 1. The van der Waals surface area contributed by atoms with Gasteiger partial charge in [-0.1, -0.05) is 48.2 Å². The predicted octanol–water partition coefficient (Wildman–Crippen LogP) is 4.48. The third kappa shape index (κ3) is 4.83. The normalized spacial score (nSPS) is 12.0. The van der Waals surface area contributed by atoms with Gasteiger partial charge in [-0.2, -0.15) is 4.68 Å². The Morgan fingerprint density at radius 3 is 2.55 bits per heavy atom. The second kappa shape index (κ2) is 9.40. The van der Waals surface area contributed by atoms with Crippen molar-refractivity contribution < 1.29 is 9.18 Å². The zero-order valence-electron chi connectivity index (χ0n) is 16.9. The van der Waals surface area contributed by atoms with Crippen molar-refractivity contribution in [1.82, 2.24) is 25.5 Å². The highest BCUT2D eigenvalue weighted by Crippen LogP contribution is 2.27. The fourth-order valence-electron chi connectivity index (χ4n) is 3.31. The van der Waals surface area contributed by atoms with Gasteiger partial charge in [-0.25, -0.2) is 4.39 Å². The van der Waals surface area contributed by atoms with Crippen LogP contribution in [0.3, 0.4) is 0 Å². The Labute approximate surface area is 187 Å². The number of tetrazole rings is 1. The number of benzene rings is 2. The molecule has 4 rings (SSSR count). The Balaban J connectivity index is 1.49. The summed E-state index contributed by atoms with van der Waals surface area (Å²) in [6.45, 7) is 4.00. The summed E-state index contributed by atoms with van der Waals surface area (Å²) in [6, 6.07) is 15.7. The average Bonchev–Trinajstić information content (AvgIpc) is 3.44. The quantitative estimate of drug-likeness (QED) is 0.418. The molecule has 1 unspecified atom stereocenters. The molecule has 0 fully saturated rings. The van der Waals surface area contributed by atoms with Crippen LogP contribution in [0.1, 0.15) is 27.6 Å². The average molecular weight is 454 g/mol. The zero-order valence-corrected chi connectivity index (χ0v) is 18.6. The molecule has 31 heavy (non-hydrogen) atoms. The molecule has 4 aromatic rings. The third-order valence-electron chi connectivity index (χ3n) is 4.76. The van der Waals surface area contributed by atoms with E-state index in [0.717, 1.165) is 27.3 Å². The van der Waals surface area contributed by atoms with Crippen molar-refractivity contribution in [2.45, 2.75) is 25.0 Å². The van der Waals surface area contributed by atoms with E-state index < -0.39 is 0 Å². The third-order valence-corrected chi connectivity index (χ3v) is 6.62. The first kappa shape index (κ1) is 21.2. The first-order valence-corrected chi connectivity index (χ1v) is 11.5. The Hall–Kier alpha value is -3.04. The van der Waals surface area contributed by atoms with Crippen LogP contribution in [-0.4, -0.2) is 31.9 Å². The molecule has 0 saturated heterocycles. The van der Waals surface area contributed by atoms with Crippen LogP contribution in [0.15, 0.2) is 65.1 Å². The number of rotatable bonds is 7. The van der Waals surface area contributed by atoms with Crippen LogP contribution in [0.5, 0.6) is 0 Å². The molecule has 2 heterocycles. The maximum absolute atomic E-state index is 13.4. The highest BCUT2D eigenvalue weighted by atomic mass is 32.2. The molecule has 0 spiro atoms. The summed E-state index contributed by atoms with van der Waals surface area (Å²) in [5.74, 6) is -0.327. The van der Waals surface area contributed by atoms with Crippen LogP contribution in [0.4, 0.5) is 4.39 Å². The van der Waals surface area contributed by atoms with Gasteiger partial charge in [0.25, 0.3) is 0 Å². The molecule has 9 heteroatoms. The maximum Gasteiger partial charge on any atom is 0.231 e. The van der Waals surface area contributed by atoms with E-state index in [0.29, 0.717) is 5.16 Å².